The van der Waals surface area contributed by atoms with E-state index in [0.717, 1.165) is 5.56 Å². The number of benzene rings is 1. The fourth-order valence-electron chi connectivity index (χ4n) is 1.45. The Kier molecular flexibility index (Phi) is 5.34. The van der Waals surface area contributed by atoms with Gasteiger partial charge < -0.3 is 9.79 Å². The molecule has 1 aromatic carbocycles. The third-order valence-corrected chi connectivity index (χ3v) is 3.23. The first-order valence-corrected chi connectivity index (χ1v) is 7.35. The third kappa shape index (κ3) is 6.59. The normalized spacial score (nSPS) is 11.5. The molecular weight excluding hydrogens is 263 g/mol. The molecule has 0 spiro atoms. The Morgan fingerprint density at radius 3 is 2.35 bits per heavy atom. The van der Waals surface area contributed by atoms with E-state index in [9.17, 15) is 9.36 Å². The van der Waals surface area contributed by atoms with Gasteiger partial charge in [-0.3, -0.25) is 9.36 Å². The maximum atomic E-state index is 11.2. The minimum Gasteiger partial charge on any atom is -0.324 e. The van der Waals surface area contributed by atoms with Crippen LogP contribution in [-0.4, -0.2) is 21.7 Å². The number of rotatable bonds is 6. The smallest absolute Gasteiger partial charge is 0.324 e. The number of carbonyl (C=O) groups is 1. The first kappa shape index (κ1) is 14.4. The quantitative estimate of drug-likeness (QED) is 0.783. The average molecular weight is 277 g/mol. The first-order chi connectivity index (χ1) is 7.87. The highest BCUT2D eigenvalue weighted by molar-refractivity contribution is 7.52. The van der Waals surface area contributed by atoms with Crippen LogP contribution in [0.1, 0.15) is 18.4 Å². The van der Waals surface area contributed by atoms with E-state index >= 15 is 0 Å². The highest BCUT2D eigenvalue weighted by Gasteiger charge is 2.18. The van der Waals surface area contributed by atoms with Crippen molar-refractivity contribution in [2.75, 3.05) is 6.16 Å². The summed E-state index contributed by atoms with van der Waals surface area (Å²) in [5.74, 6) is -0.396. The molecule has 0 aliphatic carbocycles. The van der Waals surface area contributed by atoms with Crippen LogP contribution in [0.15, 0.2) is 24.3 Å². The molecule has 0 atom stereocenters. The average Bonchev–Trinajstić information content (AvgIpc) is 2.18. The predicted molar refractivity (Wildman–Crippen MR) is 66.3 cm³/mol. The maximum Gasteiger partial charge on any atom is 0.332 e. The van der Waals surface area contributed by atoms with Gasteiger partial charge in [-0.05, 0) is 30.5 Å². The molecule has 0 unspecified atom stereocenters. The number of carbonyl (C=O) groups excluding carboxylic acids is 1. The molecule has 0 radical (unpaired) electrons. The molecule has 0 heterocycles. The van der Waals surface area contributed by atoms with E-state index < -0.39 is 19.5 Å². The number of hydrogen-bond acceptors (Lipinski definition) is 2. The van der Waals surface area contributed by atoms with Gasteiger partial charge in [-0.1, -0.05) is 23.7 Å². The van der Waals surface area contributed by atoms with Crippen LogP contribution >= 0.6 is 19.2 Å². The molecule has 4 nitrogen and oxygen atoms in total. The molecular formula is C11H14ClO4P. The highest BCUT2D eigenvalue weighted by atomic mass is 35.5. The van der Waals surface area contributed by atoms with Crippen molar-refractivity contribution in [3.05, 3.63) is 34.9 Å². The molecule has 0 amide bonds. The van der Waals surface area contributed by atoms with Crippen LogP contribution in [0.3, 0.4) is 0 Å². The van der Waals surface area contributed by atoms with Crippen molar-refractivity contribution in [2.45, 2.75) is 19.3 Å². The van der Waals surface area contributed by atoms with E-state index in [1.54, 1.807) is 12.1 Å². The van der Waals surface area contributed by atoms with Crippen molar-refractivity contribution in [3.63, 3.8) is 0 Å². The van der Waals surface area contributed by atoms with Crippen molar-refractivity contribution in [1.29, 1.82) is 0 Å². The third-order valence-electron chi connectivity index (χ3n) is 2.22. The molecule has 0 aliphatic rings. The van der Waals surface area contributed by atoms with Gasteiger partial charge in [0.1, 0.15) is 11.9 Å². The zero-order chi connectivity index (χ0) is 12.9. The van der Waals surface area contributed by atoms with Crippen molar-refractivity contribution in [2.24, 2.45) is 0 Å². The van der Waals surface area contributed by atoms with Gasteiger partial charge in [0.15, 0.2) is 0 Å². The van der Waals surface area contributed by atoms with Crippen LogP contribution in [0.2, 0.25) is 5.02 Å². The number of Topliss-reactive ketones (excluding diaryl/α,β-unsaturated/α-hetero) is 1. The summed E-state index contributed by atoms with van der Waals surface area (Å²) in [5, 5.41) is 0.659. The molecule has 0 aliphatic heterocycles. The summed E-state index contributed by atoms with van der Waals surface area (Å²) < 4.78 is 10.6. The minimum atomic E-state index is -4.21. The Hall–Kier alpha value is -0.670. The zero-order valence-corrected chi connectivity index (χ0v) is 10.8. The van der Waals surface area contributed by atoms with Crippen LogP contribution in [0.25, 0.3) is 0 Å². The van der Waals surface area contributed by atoms with Crippen LogP contribution in [0.4, 0.5) is 0 Å². The number of hydrogen-bond donors (Lipinski definition) is 2. The molecule has 0 saturated carbocycles. The Bertz CT molecular complexity index is 424. The van der Waals surface area contributed by atoms with Gasteiger partial charge in [0.2, 0.25) is 0 Å². The molecule has 1 rings (SSSR count). The van der Waals surface area contributed by atoms with Crippen LogP contribution in [-0.2, 0) is 15.8 Å². The number of ketones is 1. The van der Waals surface area contributed by atoms with Gasteiger partial charge in [-0.15, -0.1) is 0 Å². The van der Waals surface area contributed by atoms with Crippen LogP contribution in [0, 0.1) is 0 Å². The van der Waals surface area contributed by atoms with Crippen molar-refractivity contribution in [3.8, 4) is 0 Å². The van der Waals surface area contributed by atoms with Gasteiger partial charge in [0.25, 0.3) is 0 Å². The Morgan fingerprint density at radius 2 is 1.82 bits per heavy atom. The van der Waals surface area contributed by atoms with Crippen molar-refractivity contribution >= 4 is 25.0 Å². The minimum absolute atomic E-state index is 0.188. The molecule has 0 bridgehead atoms. The number of halogens is 1. The summed E-state index contributed by atoms with van der Waals surface area (Å²) in [6.07, 6.45) is 0.811. The Labute approximate surface area is 105 Å². The van der Waals surface area contributed by atoms with E-state index in [-0.39, 0.29) is 6.42 Å². The summed E-state index contributed by atoms with van der Waals surface area (Å²) in [6, 6.07) is 7.29. The fraction of sp³-hybridized carbons (Fsp3) is 0.364. The topological polar surface area (TPSA) is 74.6 Å². The van der Waals surface area contributed by atoms with E-state index in [1.165, 1.54) is 0 Å². The lowest BCUT2D eigenvalue weighted by atomic mass is 10.1. The SMILES string of the molecule is O=C(CCCc1ccc(Cl)cc1)CP(=O)(O)O. The molecule has 17 heavy (non-hydrogen) atoms. The molecule has 1 aromatic rings. The molecule has 2 N–H and O–H groups in total. The summed E-state index contributed by atoms with van der Waals surface area (Å²) >= 11 is 5.73. The summed E-state index contributed by atoms with van der Waals surface area (Å²) in [4.78, 5) is 28.4. The molecule has 6 heteroatoms. The zero-order valence-electron chi connectivity index (χ0n) is 9.17. The predicted octanol–water partition coefficient (Wildman–Crippen LogP) is 2.41. The molecule has 0 saturated heterocycles. The summed E-state index contributed by atoms with van der Waals surface area (Å²) in [5.41, 5.74) is 1.05. The Balaban J connectivity index is 2.31. The van der Waals surface area contributed by atoms with E-state index in [0.29, 0.717) is 17.9 Å². The second kappa shape index (κ2) is 6.31. The fourth-order valence-corrected chi connectivity index (χ4v) is 2.19. The van der Waals surface area contributed by atoms with Crippen molar-refractivity contribution < 1.29 is 19.1 Å². The lowest BCUT2D eigenvalue weighted by Crippen LogP contribution is -2.05. The standard InChI is InChI=1S/C11H14ClO4P/c12-10-6-4-9(5-7-10)2-1-3-11(13)8-17(14,15)16/h4-7H,1-3,8H2,(H2,14,15,16). The van der Waals surface area contributed by atoms with Gasteiger partial charge >= 0.3 is 7.60 Å². The lowest BCUT2D eigenvalue weighted by Gasteiger charge is -2.03. The van der Waals surface area contributed by atoms with E-state index in [1.807, 2.05) is 12.1 Å². The lowest BCUT2D eigenvalue weighted by molar-refractivity contribution is -0.116. The second-order valence-corrected chi connectivity index (χ2v) is 5.92. The van der Waals surface area contributed by atoms with Gasteiger partial charge in [-0.2, -0.15) is 0 Å². The summed E-state index contributed by atoms with van der Waals surface area (Å²) in [7, 11) is -4.21. The van der Waals surface area contributed by atoms with Crippen molar-refractivity contribution in [1.82, 2.24) is 0 Å². The molecule has 94 valence electrons. The summed E-state index contributed by atoms with van der Waals surface area (Å²) in [6.45, 7) is 0. The van der Waals surface area contributed by atoms with E-state index in [4.69, 9.17) is 21.4 Å². The van der Waals surface area contributed by atoms with Gasteiger partial charge in [0, 0.05) is 11.4 Å². The highest BCUT2D eigenvalue weighted by Crippen LogP contribution is 2.34. The Morgan fingerprint density at radius 1 is 1.24 bits per heavy atom. The second-order valence-electron chi connectivity index (χ2n) is 3.84. The van der Waals surface area contributed by atoms with Gasteiger partial charge in [0.05, 0.1) is 0 Å². The largest absolute Gasteiger partial charge is 0.332 e. The van der Waals surface area contributed by atoms with Crippen LogP contribution < -0.4 is 0 Å². The maximum absolute atomic E-state index is 11.2. The molecule has 0 fully saturated rings. The number of aryl methyl sites for hydroxylation is 1. The molecule has 0 aromatic heterocycles. The first-order valence-electron chi connectivity index (χ1n) is 5.17. The van der Waals surface area contributed by atoms with E-state index in [2.05, 4.69) is 0 Å². The van der Waals surface area contributed by atoms with Crippen LogP contribution in [0.5, 0.6) is 0 Å². The van der Waals surface area contributed by atoms with Gasteiger partial charge in [-0.25, -0.2) is 0 Å². The monoisotopic (exact) mass is 276 g/mol.